The van der Waals surface area contributed by atoms with E-state index in [1.165, 1.54) is 0 Å². The first-order chi connectivity index (χ1) is 10.2. The number of hydrogen-bond donors (Lipinski definition) is 2. The minimum absolute atomic E-state index is 0.228. The molecule has 112 valence electrons. The van der Waals surface area contributed by atoms with Crippen LogP contribution in [0.2, 0.25) is 0 Å². The summed E-state index contributed by atoms with van der Waals surface area (Å²) in [5, 5.41) is 7.67. The molecule has 2 N–H and O–H groups in total. The van der Waals surface area contributed by atoms with Crippen molar-refractivity contribution in [2.75, 3.05) is 11.9 Å². The van der Waals surface area contributed by atoms with Crippen LogP contribution in [0.15, 0.2) is 35.7 Å². The van der Waals surface area contributed by atoms with Gasteiger partial charge in [0.05, 0.1) is 18.8 Å². The third-order valence-corrected chi connectivity index (χ3v) is 3.73. The van der Waals surface area contributed by atoms with Crippen molar-refractivity contribution < 1.29 is 9.53 Å². The molecule has 1 aromatic carbocycles. The Morgan fingerprint density at radius 1 is 1.33 bits per heavy atom. The van der Waals surface area contributed by atoms with Crippen molar-refractivity contribution in [2.45, 2.75) is 26.8 Å². The summed E-state index contributed by atoms with van der Waals surface area (Å²) in [5.74, 6) is 0.711. The average Bonchev–Trinajstić information content (AvgIpc) is 2.98. The van der Waals surface area contributed by atoms with E-state index in [1.54, 1.807) is 11.3 Å². The Bertz CT molecular complexity index is 582. The summed E-state index contributed by atoms with van der Waals surface area (Å²) >= 11 is 1.62. The topological polar surface area (TPSA) is 50.4 Å². The molecular formula is C16H20N2O2S. The fraction of sp³-hybridized carbons (Fsp3) is 0.312. The van der Waals surface area contributed by atoms with Gasteiger partial charge in [0.1, 0.15) is 5.75 Å². The number of ether oxygens (including phenoxy) is 1. The van der Waals surface area contributed by atoms with Crippen LogP contribution in [0.1, 0.15) is 23.8 Å². The number of anilines is 1. The summed E-state index contributed by atoms with van der Waals surface area (Å²) in [7, 11) is 0. The van der Waals surface area contributed by atoms with E-state index in [0.29, 0.717) is 24.6 Å². The lowest BCUT2D eigenvalue weighted by atomic mass is 10.2. The van der Waals surface area contributed by atoms with Crippen molar-refractivity contribution in [1.29, 1.82) is 0 Å². The van der Waals surface area contributed by atoms with Gasteiger partial charge >= 0.3 is 6.03 Å². The lowest BCUT2D eigenvalue weighted by Gasteiger charge is -2.13. The van der Waals surface area contributed by atoms with Crippen molar-refractivity contribution in [3.63, 3.8) is 0 Å². The number of rotatable bonds is 6. The summed E-state index contributed by atoms with van der Waals surface area (Å²) in [6.45, 7) is 5.21. The fourth-order valence-electron chi connectivity index (χ4n) is 1.81. The summed E-state index contributed by atoms with van der Waals surface area (Å²) in [4.78, 5) is 13.1. The Hall–Kier alpha value is -2.01. The highest BCUT2D eigenvalue weighted by molar-refractivity contribution is 7.09. The number of nitrogens with one attached hydrogen (secondary N) is 2. The number of urea groups is 1. The van der Waals surface area contributed by atoms with Crippen molar-refractivity contribution in [2.24, 2.45) is 0 Å². The molecule has 0 spiro atoms. The zero-order valence-electron chi connectivity index (χ0n) is 12.3. The lowest BCUT2D eigenvalue weighted by Crippen LogP contribution is -2.28. The van der Waals surface area contributed by atoms with Gasteiger partial charge in [0.2, 0.25) is 0 Å². The second-order valence-electron chi connectivity index (χ2n) is 4.74. The monoisotopic (exact) mass is 304 g/mol. The maximum absolute atomic E-state index is 11.9. The molecule has 0 radical (unpaired) electrons. The first-order valence-electron chi connectivity index (χ1n) is 6.99. The number of thiophene rings is 1. The molecule has 1 heterocycles. The van der Waals surface area contributed by atoms with Crippen LogP contribution in [0.3, 0.4) is 0 Å². The van der Waals surface area contributed by atoms with Crippen LogP contribution < -0.4 is 15.4 Å². The van der Waals surface area contributed by atoms with Gasteiger partial charge in [-0.25, -0.2) is 4.79 Å². The SMILES string of the molecule is CCCOc1cc(C)ccc1NC(=O)NCc1cccs1. The van der Waals surface area contributed by atoms with Gasteiger partial charge < -0.3 is 15.4 Å². The first kappa shape index (κ1) is 15.4. The van der Waals surface area contributed by atoms with Crippen LogP contribution >= 0.6 is 11.3 Å². The van der Waals surface area contributed by atoms with Gasteiger partial charge in [-0.3, -0.25) is 0 Å². The molecule has 2 amide bonds. The number of aryl methyl sites for hydroxylation is 1. The van der Waals surface area contributed by atoms with E-state index in [1.807, 2.05) is 42.6 Å². The van der Waals surface area contributed by atoms with E-state index in [4.69, 9.17) is 4.74 Å². The minimum Gasteiger partial charge on any atom is -0.491 e. The molecule has 2 rings (SSSR count). The molecule has 2 aromatic rings. The molecular weight excluding hydrogens is 284 g/mol. The lowest BCUT2D eigenvalue weighted by molar-refractivity contribution is 0.251. The van der Waals surface area contributed by atoms with Gasteiger partial charge in [0, 0.05) is 4.88 Å². The summed E-state index contributed by atoms with van der Waals surface area (Å²) < 4.78 is 5.68. The summed E-state index contributed by atoms with van der Waals surface area (Å²) in [6, 6.07) is 9.49. The van der Waals surface area contributed by atoms with E-state index < -0.39 is 0 Å². The van der Waals surface area contributed by atoms with Crippen molar-refractivity contribution >= 4 is 23.1 Å². The van der Waals surface area contributed by atoms with Gasteiger partial charge in [-0.2, -0.15) is 0 Å². The standard InChI is InChI=1S/C16H20N2O2S/c1-3-8-20-15-10-12(2)6-7-14(15)18-16(19)17-11-13-5-4-9-21-13/h4-7,9-10H,3,8,11H2,1-2H3,(H2,17,18,19). The maximum atomic E-state index is 11.9. The number of amides is 2. The Kier molecular flexibility index (Phi) is 5.63. The third-order valence-electron chi connectivity index (χ3n) is 2.85. The number of carbonyl (C=O) groups excluding carboxylic acids is 1. The molecule has 0 fully saturated rings. The van der Waals surface area contributed by atoms with Crippen LogP contribution in [0.5, 0.6) is 5.75 Å². The zero-order valence-corrected chi connectivity index (χ0v) is 13.1. The van der Waals surface area contributed by atoms with E-state index >= 15 is 0 Å². The van der Waals surface area contributed by atoms with Crippen LogP contribution in [0.4, 0.5) is 10.5 Å². The van der Waals surface area contributed by atoms with E-state index in [0.717, 1.165) is 16.9 Å². The Morgan fingerprint density at radius 3 is 2.90 bits per heavy atom. The van der Waals surface area contributed by atoms with Gasteiger partial charge in [-0.1, -0.05) is 19.1 Å². The molecule has 5 heteroatoms. The van der Waals surface area contributed by atoms with E-state index in [9.17, 15) is 4.79 Å². The third kappa shape index (κ3) is 4.79. The van der Waals surface area contributed by atoms with E-state index in [-0.39, 0.29) is 6.03 Å². The molecule has 0 aliphatic rings. The zero-order chi connectivity index (χ0) is 15.1. The molecule has 0 atom stereocenters. The summed E-state index contributed by atoms with van der Waals surface area (Å²) in [6.07, 6.45) is 0.929. The highest BCUT2D eigenvalue weighted by atomic mass is 32.1. The fourth-order valence-corrected chi connectivity index (χ4v) is 2.46. The second-order valence-corrected chi connectivity index (χ2v) is 5.77. The predicted molar refractivity (Wildman–Crippen MR) is 87.1 cm³/mol. The van der Waals surface area contributed by atoms with Crippen molar-refractivity contribution in [1.82, 2.24) is 5.32 Å². The second kappa shape index (κ2) is 7.69. The van der Waals surface area contributed by atoms with Gasteiger partial charge in [-0.15, -0.1) is 11.3 Å². The molecule has 0 unspecified atom stereocenters. The average molecular weight is 304 g/mol. The minimum atomic E-state index is -0.228. The number of hydrogen-bond acceptors (Lipinski definition) is 3. The van der Waals surface area contributed by atoms with E-state index in [2.05, 4.69) is 17.6 Å². The van der Waals surface area contributed by atoms with Gasteiger partial charge in [0.15, 0.2) is 0 Å². The molecule has 0 aliphatic carbocycles. The van der Waals surface area contributed by atoms with Crippen LogP contribution in [0, 0.1) is 6.92 Å². The highest BCUT2D eigenvalue weighted by Gasteiger charge is 2.08. The van der Waals surface area contributed by atoms with Crippen LogP contribution in [-0.2, 0) is 6.54 Å². The van der Waals surface area contributed by atoms with Gasteiger partial charge in [-0.05, 0) is 42.5 Å². The molecule has 4 nitrogen and oxygen atoms in total. The smallest absolute Gasteiger partial charge is 0.319 e. The quantitative estimate of drug-likeness (QED) is 0.841. The first-order valence-corrected chi connectivity index (χ1v) is 7.87. The molecule has 0 saturated carbocycles. The molecule has 21 heavy (non-hydrogen) atoms. The largest absolute Gasteiger partial charge is 0.491 e. The maximum Gasteiger partial charge on any atom is 0.319 e. The number of benzene rings is 1. The Labute approximate surface area is 129 Å². The normalized spacial score (nSPS) is 10.2. The molecule has 0 saturated heterocycles. The predicted octanol–water partition coefficient (Wildman–Crippen LogP) is 4.17. The Morgan fingerprint density at radius 2 is 2.19 bits per heavy atom. The Balaban J connectivity index is 1.95. The van der Waals surface area contributed by atoms with Gasteiger partial charge in [0.25, 0.3) is 0 Å². The van der Waals surface area contributed by atoms with Crippen molar-refractivity contribution in [3.8, 4) is 5.75 Å². The molecule has 0 aliphatic heterocycles. The molecule has 0 bridgehead atoms. The van der Waals surface area contributed by atoms with Crippen LogP contribution in [0.25, 0.3) is 0 Å². The highest BCUT2D eigenvalue weighted by Crippen LogP contribution is 2.25. The van der Waals surface area contributed by atoms with Crippen LogP contribution in [-0.4, -0.2) is 12.6 Å². The number of carbonyl (C=O) groups is 1. The molecule has 1 aromatic heterocycles. The van der Waals surface area contributed by atoms with Crippen molar-refractivity contribution in [3.05, 3.63) is 46.2 Å². The summed E-state index contributed by atoms with van der Waals surface area (Å²) in [5.41, 5.74) is 1.79.